The molecular weight excluding hydrogens is 256 g/mol. The van der Waals surface area contributed by atoms with E-state index >= 15 is 0 Å². The predicted molar refractivity (Wildman–Crippen MR) is 77.2 cm³/mol. The average Bonchev–Trinajstić information content (AvgIpc) is 2.45. The van der Waals surface area contributed by atoms with Crippen molar-refractivity contribution in [3.8, 4) is 0 Å². The molecule has 106 valence electrons. The molecule has 0 aliphatic carbocycles. The number of piperidine rings is 1. The Labute approximate surface area is 118 Å². The van der Waals surface area contributed by atoms with Crippen molar-refractivity contribution < 1.29 is 9.72 Å². The van der Waals surface area contributed by atoms with Gasteiger partial charge < -0.3 is 4.90 Å². The van der Waals surface area contributed by atoms with E-state index in [2.05, 4.69) is 6.92 Å². The van der Waals surface area contributed by atoms with Crippen LogP contribution in [0, 0.1) is 10.1 Å². The summed E-state index contributed by atoms with van der Waals surface area (Å²) in [6.45, 7) is 2.88. The molecule has 1 aliphatic heterocycles. The predicted octanol–water partition coefficient (Wildman–Crippen LogP) is 3.01. The molecule has 1 saturated heterocycles. The summed E-state index contributed by atoms with van der Waals surface area (Å²) >= 11 is 0. The Morgan fingerprint density at radius 2 is 2.05 bits per heavy atom. The number of benzene rings is 1. The first kappa shape index (κ1) is 14.2. The molecule has 5 heteroatoms. The van der Waals surface area contributed by atoms with E-state index in [0.29, 0.717) is 0 Å². The molecule has 20 heavy (non-hydrogen) atoms. The van der Waals surface area contributed by atoms with E-state index in [9.17, 15) is 14.9 Å². The van der Waals surface area contributed by atoms with Gasteiger partial charge in [-0.25, -0.2) is 0 Å². The van der Waals surface area contributed by atoms with E-state index in [4.69, 9.17) is 0 Å². The first-order valence-corrected chi connectivity index (χ1v) is 6.81. The van der Waals surface area contributed by atoms with Crippen molar-refractivity contribution in [2.45, 2.75) is 32.2 Å². The van der Waals surface area contributed by atoms with Crippen molar-refractivity contribution in [1.29, 1.82) is 0 Å². The van der Waals surface area contributed by atoms with E-state index in [1.165, 1.54) is 18.6 Å². The Hall–Kier alpha value is -2.17. The topological polar surface area (TPSA) is 63.5 Å². The minimum absolute atomic E-state index is 0.00977. The van der Waals surface area contributed by atoms with Gasteiger partial charge in [0.05, 0.1) is 4.92 Å². The Morgan fingerprint density at radius 1 is 1.35 bits per heavy atom. The standard InChI is InChI=1S/C15H18N2O3/c1-12-4-2-3-11-16(12)15(18)10-7-13-5-8-14(9-6-13)17(19)20/h5-10,12H,2-4,11H2,1H3/b10-7+/t12-/m0/s1. The van der Waals surface area contributed by atoms with Gasteiger partial charge in [-0.05, 0) is 50.0 Å². The van der Waals surface area contributed by atoms with Crippen LogP contribution < -0.4 is 0 Å². The molecule has 1 fully saturated rings. The zero-order chi connectivity index (χ0) is 14.5. The molecular formula is C15H18N2O3. The van der Waals surface area contributed by atoms with Crippen molar-refractivity contribution in [2.75, 3.05) is 6.54 Å². The van der Waals surface area contributed by atoms with Crippen LogP contribution >= 0.6 is 0 Å². The molecule has 1 aromatic carbocycles. The van der Waals surface area contributed by atoms with Crippen LogP contribution in [0.5, 0.6) is 0 Å². The SMILES string of the molecule is C[C@H]1CCCCN1C(=O)/C=C/c1ccc([N+](=O)[O-])cc1. The normalized spacial score (nSPS) is 19.2. The summed E-state index contributed by atoms with van der Waals surface area (Å²) in [7, 11) is 0. The van der Waals surface area contributed by atoms with Gasteiger partial charge in [0.1, 0.15) is 0 Å². The third kappa shape index (κ3) is 3.44. The van der Waals surface area contributed by atoms with Crippen molar-refractivity contribution >= 4 is 17.7 Å². The summed E-state index contributed by atoms with van der Waals surface area (Å²) in [5.74, 6) is 0.00977. The molecule has 0 aromatic heterocycles. The number of likely N-dealkylation sites (tertiary alicyclic amines) is 1. The highest BCUT2D eigenvalue weighted by Gasteiger charge is 2.21. The van der Waals surface area contributed by atoms with Crippen LogP contribution in [-0.2, 0) is 4.79 Å². The molecule has 0 radical (unpaired) electrons. The summed E-state index contributed by atoms with van der Waals surface area (Å²) < 4.78 is 0. The monoisotopic (exact) mass is 274 g/mol. The van der Waals surface area contributed by atoms with Gasteiger partial charge in [0, 0.05) is 30.8 Å². The summed E-state index contributed by atoms with van der Waals surface area (Å²) in [6.07, 6.45) is 6.53. The molecule has 0 unspecified atom stereocenters. The lowest BCUT2D eigenvalue weighted by atomic mass is 10.0. The highest BCUT2D eigenvalue weighted by Crippen LogP contribution is 2.17. The Kier molecular flexibility index (Phi) is 4.50. The van der Waals surface area contributed by atoms with Crippen LogP contribution in [0.25, 0.3) is 6.08 Å². The van der Waals surface area contributed by atoms with E-state index in [1.807, 2.05) is 4.90 Å². The van der Waals surface area contributed by atoms with Crippen molar-refractivity contribution in [3.63, 3.8) is 0 Å². The van der Waals surface area contributed by atoms with Gasteiger partial charge >= 0.3 is 0 Å². The van der Waals surface area contributed by atoms with E-state index in [-0.39, 0.29) is 17.6 Å². The third-order valence-electron chi connectivity index (χ3n) is 3.61. The molecule has 1 heterocycles. The smallest absolute Gasteiger partial charge is 0.269 e. The maximum absolute atomic E-state index is 12.1. The Balaban J connectivity index is 2.01. The number of rotatable bonds is 3. The molecule has 5 nitrogen and oxygen atoms in total. The minimum Gasteiger partial charge on any atom is -0.336 e. The second-order valence-electron chi connectivity index (χ2n) is 5.06. The molecule has 0 bridgehead atoms. The minimum atomic E-state index is -0.436. The fourth-order valence-corrected chi connectivity index (χ4v) is 2.40. The van der Waals surface area contributed by atoms with Crippen LogP contribution in [-0.4, -0.2) is 28.3 Å². The first-order chi connectivity index (χ1) is 9.58. The van der Waals surface area contributed by atoms with Crippen molar-refractivity contribution in [1.82, 2.24) is 4.90 Å². The summed E-state index contributed by atoms with van der Waals surface area (Å²) in [5, 5.41) is 10.5. The fourth-order valence-electron chi connectivity index (χ4n) is 2.40. The van der Waals surface area contributed by atoms with E-state index in [0.717, 1.165) is 24.9 Å². The van der Waals surface area contributed by atoms with Crippen molar-refractivity contribution in [3.05, 3.63) is 46.0 Å². The molecule has 1 atom stereocenters. The number of hydrogen-bond donors (Lipinski definition) is 0. The van der Waals surface area contributed by atoms with E-state index < -0.39 is 4.92 Å². The lowest BCUT2D eigenvalue weighted by molar-refractivity contribution is -0.384. The molecule has 2 rings (SSSR count). The number of nitrogens with zero attached hydrogens (tertiary/aromatic N) is 2. The quantitative estimate of drug-likeness (QED) is 0.483. The maximum atomic E-state index is 12.1. The number of non-ortho nitro benzene ring substituents is 1. The highest BCUT2D eigenvalue weighted by atomic mass is 16.6. The molecule has 1 amide bonds. The number of amides is 1. The van der Waals surface area contributed by atoms with Gasteiger partial charge in [-0.15, -0.1) is 0 Å². The van der Waals surface area contributed by atoms with E-state index in [1.54, 1.807) is 24.3 Å². The molecule has 0 N–H and O–H groups in total. The average molecular weight is 274 g/mol. The zero-order valence-corrected chi connectivity index (χ0v) is 11.5. The number of nitro groups is 1. The second-order valence-corrected chi connectivity index (χ2v) is 5.06. The molecule has 1 aliphatic rings. The van der Waals surface area contributed by atoms with Gasteiger partial charge in [-0.1, -0.05) is 0 Å². The number of carbonyl (C=O) groups excluding carboxylic acids is 1. The second kappa shape index (κ2) is 6.32. The van der Waals surface area contributed by atoms with Gasteiger partial charge in [0.2, 0.25) is 5.91 Å². The lowest BCUT2D eigenvalue weighted by Crippen LogP contribution is -2.41. The number of hydrogen-bond acceptors (Lipinski definition) is 3. The van der Waals surface area contributed by atoms with Crippen LogP contribution in [0.4, 0.5) is 5.69 Å². The van der Waals surface area contributed by atoms with Crippen LogP contribution in [0.2, 0.25) is 0 Å². The van der Waals surface area contributed by atoms with Gasteiger partial charge in [-0.3, -0.25) is 14.9 Å². The summed E-state index contributed by atoms with van der Waals surface area (Å²) in [5.41, 5.74) is 0.840. The van der Waals surface area contributed by atoms with Crippen molar-refractivity contribution in [2.24, 2.45) is 0 Å². The number of carbonyl (C=O) groups is 1. The molecule has 0 saturated carbocycles. The maximum Gasteiger partial charge on any atom is 0.269 e. The summed E-state index contributed by atoms with van der Waals surface area (Å²) in [6, 6.07) is 6.45. The van der Waals surface area contributed by atoms with Crippen LogP contribution in [0.15, 0.2) is 30.3 Å². The van der Waals surface area contributed by atoms with Crippen LogP contribution in [0.1, 0.15) is 31.7 Å². The van der Waals surface area contributed by atoms with Gasteiger partial charge in [0.25, 0.3) is 5.69 Å². The third-order valence-corrected chi connectivity index (χ3v) is 3.61. The van der Waals surface area contributed by atoms with Crippen LogP contribution in [0.3, 0.4) is 0 Å². The van der Waals surface area contributed by atoms with Gasteiger partial charge in [0.15, 0.2) is 0 Å². The zero-order valence-electron chi connectivity index (χ0n) is 11.5. The fraction of sp³-hybridized carbons (Fsp3) is 0.400. The molecule has 0 spiro atoms. The highest BCUT2D eigenvalue weighted by molar-refractivity contribution is 5.92. The Bertz CT molecular complexity index is 522. The molecule has 1 aromatic rings. The Morgan fingerprint density at radius 3 is 2.65 bits per heavy atom. The van der Waals surface area contributed by atoms with Gasteiger partial charge in [-0.2, -0.15) is 0 Å². The summed E-state index contributed by atoms with van der Waals surface area (Å²) in [4.78, 5) is 24.1. The largest absolute Gasteiger partial charge is 0.336 e. The first-order valence-electron chi connectivity index (χ1n) is 6.81. The number of nitro benzene ring substituents is 1. The lowest BCUT2D eigenvalue weighted by Gasteiger charge is -2.32.